The molecule has 0 aromatic heterocycles. The molecule has 0 unspecified atom stereocenters. The molecule has 0 aliphatic rings. The van der Waals surface area contributed by atoms with E-state index in [0.717, 1.165) is 11.3 Å². The van der Waals surface area contributed by atoms with E-state index >= 15 is 0 Å². The van der Waals surface area contributed by atoms with Gasteiger partial charge in [0.05, 0.1) is 6.10 Å². The molecule has 0 heterocycles. The van der Waals surface area contributed by atoms with Crippen molar-refractivity contribution < 1.29 is 9.53 Å². The number of benzene rings is 2. The summed E-state index contributed by atoms with van der Waals surface area (Å²) in [5.41, 5.74) is 2.55. The van der Waals surface area contributed by atoms with E-state index in [9.17, 15) is 4.79 Å². The Morgan fingerprint density at radius 1 is 1.04 bits per heavy atom. The molecule has 4 nitrogen and oxygen atoms in total. The van der Waals surface area contributed by atoms with Gasteiger partial charge in [-0.05, 0) is 61.8 Å². The lowest BCUT2D eigenvalue weighted by Crippen LogP contribution is -2.34. The predicted molar refractivity (Wildman–Crippen MR) is 106 cm³/mol. The van der Waals surface area contributed by atoms with Gasteiger partial charge in [-0.25, -0.2) is 0 Å². The van der Waals surface area contributed by atoms with Gasteiger partial charge in [-0.15, -0.1) is 0 Å². The van der Waals surface area contributed by atoms with Crippen LogP contribution in [-0.4, -0.2) is 17.1 Å². The Labute approximate surface area is 154 Å². The molecule has 1 amide bonds. The van der Waals surface area contributed by atoms with Crippen molar-refractivity contribution >= 4 is 28.9 Å². The van der Waals surface area contributed by atoms with Gasteiger partial charge in [-0.1, -0.05) is 38.1 Å². The van der Waals surface area contributed by atoms with E-state index in [0.29, 0.717) is 17.2 Å². The number of carbonyl (C=O) groups excluding carboxylic acids is 1. The first-order valence-electron chi connectivity index (χ1n) is 8.34. The molecule has 132 valence electrons. The molecule has 0 spiro atoms. The summed E-state index contributed by atoms with van der Waals surface area (Å²) >= 11 is 5.29. The van der Waals surface area contributed by atoms with Crippen LogP contribution in [0.2, 0.25) is 0 Å². The highest BCUT2D eigenvalue weighted by Gasteiger charge is 2.11. The van der Waals surface area contributed by atoms with E-state index < -0.39 is 0 Å². The summed E-state index contributed by atoms with van der Waals surface area (Å²) in [6.45, 7) is 8.11. The lowest BCUT2D eigenvalue weighted by atomic mass is 10.0. The molecule has 5 heteroatoms. The molecule has 2 rings (SSSR count). The average Bonchev–Trinajstić information content (AvgIpc) is 2.54. The molecule has 0 fully saturated rings. The highest BCUT2D eigenvalue weighted by atomic mass is 32.1. The van der Waals surface area contributed by atoms with Crippen molar-refractivity contribution in [2.24, 2.45) is 0 Å². The molecule has 25 heavy (non-hydrogen) atoms. The lowest BCUT2D eigenvalue weighted by Gasteiger charge is -2.16. The quantitative estimate of drug-likeness (QED) is 0.761. The van der Waals surface area contributed by atoms with Crippen LogP contribution < -0.4 is 15.4 Å². The highest BCUT2D eigenvalue weighted by Crippen LogP contribution is 2.23. The number of hydrogen-bond acceptors (Lipinski definition) is 3. The summed E-state index contributed by atoms with van der Waals surface area (Å²) in [4.78, 5) is 12.4. The summed E-state index contributed by atoms with van der Waals surface area (Å²) in [6.07, 6.45) is 0.0496. The third kappa shape index (κ3) is 5.57. The van der Waals surface area contributed by atoms with Gasteiger partial charge in [0.15, 0.2) is 5.11 Å². The standard InChI is InChI=1S/C20H24N2O2S/c1-13(2)17-10-5-6-11-18(17)21-20(25)22-19(23)15-8-7-9-16(12-15)24-14(3)4/h5-14H,1-4H3,(H2,21,22,23,25). The van der Waals surface area contributed by atoms with Gasteiger partial charge in [0.1, 0.15) is 5.75 Å². The van der Waals surface area contributed by atoms with Gasteiger partial charge in [-0.2, -0.15) is 0 Å². The van der Waals surface area contributed by atoms with Crippen LogP contribution in [0, 0.1) is 0 Å². The highest BCUT2D eigenvalue weighted by molar-refractivity contribution is 7.80. The number of anilines is 1. The zero-order chi connectivity index (χ0) is 18.4. The maximum atomic E-state index is 12.4. The van der Waals surface area contributed by atoms with Crippen LogP contribution in [0.3, 0.4) is 0 Å². The van der Waals surface area contributed by atoms with Gasteiger partial charge in [-0.3, -0.25) is 10.1 Å². The third-order valence-corrected chi connectivity index (χ3v) is 3.73. The van der Waals surface area contributed by atoms with Gasteiger partial charge < -0.3 is 10.1 Å². The monoisotopic (exact) mass is 356 g/mol. The van der Waals surface area contributed by atoms with Crippen molar-refractivity contribution in [2.75, 3.05) is 5.32 Å². The molecular formula is C20H24N2O2S. The fourth-order valence-corrected chi connectivity index (χ4v) is 2.63. The van der Waals surface area contributed by atoms with Crippen LogP contribution >= 0.6 is 12.2 Å². The number of amides is 1. The molecule has 0 bridgehead atoms. The van der Waals surface area contributed by atoms with Crippen molar-refractivity contribution in [2.45, 2.75) is 39.7 Å². The number of rotatable bonds is 5. The normalized spacial score (nSPS) is 10.6. The van der Waals surface area contributed by atoms with E-state index in [1.807, 2.05) is 44.2 Å². The molecule has 0 aliphatic heterocycles. The molecular weight excluding hydrogens is 332 g/mol. The molecule has 0 saturated heterocycles. The molecule has 2 aromatic carbocycles. The minimum atomic E-state index is -0.270. The van der Waals surface area contributed by atoms with Crippen molar-refractivity contribution in [1.29, 1.82) is 0 Å². The van der Waals surface area contributed by atoms with Gasteiger partial charge in [0, 0.05) is 11.3 Å². The van der Waals surface area contributed by atoms with E-state index in [1.165, 1.54) is 0 Å². The molecule has 0 atom stereocenters. The number of thiocarbonyl (C=S) groups is 1. The van der Waals surface area contributed by atoms with E-state index in [4.69, 9.17) is 17.0 Å². The Kier molecular flexibility index (Phi) is 6.53. The Balaban J connectivity index is 2.05. The molecule has 0 saturated carbocycles. The van der Waals surface area contributed by atoms with Crippen LogP contribution in [0.1, 0.15) is 49.5 Å². The van der Waals surface area contributed by atoms with E-state index in [2.05, 4.69) is 24.5 Å². The van der Waals surface area contributed by atoms with Gasteiger partial charge in [0.2, 0.25) is 0 Å². The van der Waals surface area contributed by atoms with Crippen LogP contribution in [0.15, 0.2) is 48.5 Å². The fraction of sp³-hybridized carbons (Fsp3) is 0.300. The average molecular weight is 356 g/mol. The predicted octanol–water partition coefficient (Wildman–Crippen LogP) is 4.72. The third-order valence-electron chi connectivity index (χ3n) is 3.53. The number of ether oxygens (including phenoxy) is 1. The number of nitrogens with one attached hydrogen (secondary N) is 2. The number of carbonyl (C=O) groups is 1. The molecule has 2 aromatic rings. The summed E-state index contributed by atoms with van der Waals surface area (Å²) in [6, 6.07) is 15.0. The summed E-state index contributed by atoms with van der Waals surface area (Å²) in [7, 11) is 0. The first kappa shape index (κ1) is 18.9. The zero-order valence-corrected chi connectivity index (χ0v) is 15.8. The van der Waals surface area contributed by atoms with Crippen LogP contribution in [0.4, 0.5) is 5.69 Å². The molecule has 0 aliphatic carbocycles. The van der Waals surface area contributed by atoms with Crippen molar-refractivity contribution in [3.8, 4) is 5.75 Å². The fourth-order valence-electron chi connectivity index (χ4n) is 2.43. The zero-order valence-electron chi connectivity index (χ0n) is 15.0. The Morgan fingerprint density at radius 3 is 2.44 bits per heavy atom. The minimum Gasteiger partial charge on any atom is -0.491 e. The lowest BCUT2D eigenvalue weighted by molar-refractivity contribution is 0.0977. The Morgan fingerprint density at radius 2 is 1.76 bits per heavy atom. The minimum absolute atomic E-state index is 0.0496. The largest absolute Gasteiger partial charge is 0.491 e. The van der Waals surface area contributed by atoms with Crippen LogP contribution in [-0.2, 0) is 0 Å². The van der Waals surface area contributed by atoms with Gasteiger partial charge >= 0.3 is 0 Å². The smallest absolute Gasteiger partial charge is 0.257 e. The van der Waals surface area contributed by atoms with Crippen LogP contribution in [0.5, 0.6) is 5.75 Å². The van der Waals surface area contributed by atoms with E-state index in [1.54, 1.807) is 18.2 Å². The summed E-state index contributed by atoms with van der Waals surface area (Å²) in [5, 5.41) is 6.10. The second-order valence-corrected chi connectivity index (χ2v) is 6.75. The molecule has 2 N–H and O–H groups in total. The van der Waals surface area contributed by atoms with Crippen molar-refractivity contribution in [3.05, 3.63) is 59.7 Å². The maximum Gasteiger partial charge on any atom is 0.257 e. The Bertz CT molecular complexity index is 757. The first-order valence-corrected chi connectivity index (χ1v) is 8.75. The topological polar surface area (TPSA) is 50.4 Å². The Hall–Kier alpha value is -2.40. The SMILES string of the molecule is CC(C)Oc1cccc(C(=O)NC(=S)Nc2ccccc2C(C)C)c1. The summed E-state index contributed by atoms with van der Waals surface area (Å²) in [5.74, 6) is 0.743. The molecule has 0 radical (unpaired) electrons. The maximum absolute atomic E-state index is 12.4. The number of hydrogen-bond donors (Lipinski definition) is 2. The van der Waals surface area contributed by atoms with E-state index in [-0.39, 0.29) is 17.1 Å². The second kappa shape index (κ2) is 8.62. The first-order chi connectivity index (χ1) is 11.9. The summed E-state index contributed by atoms with van der Waals surface area (Å²) < 4.78 is 5.62. The van der Waals surface area contributed by atoms with Crippen LogP contribution in [0.25, 0.3) is 0 Å². The second-order valence-electron chi connectivity index (χ2n) is 6.34. The van der Waals surface area contributed by atoms with Crippen molar-refractivity contribution in [1.82, 2.24) is 5.32 Å². The van der Waals surface area contributed by atoms with Crippen molar-refractivity contribution in [3.63, 3.8) is 0 Å². The van der Waals surface area contributed by atoms with Gasteiger partial charge in [0.25, 0.3) is 5.91 Å². The number of para-hydroxylation sites is 1.